The molecular weight excluding hydrogens is 372 g/mol. The number of carbonyl (C=O) groups is 1. The van der Waals surface area contributed by atoms with E-state index in [4.69, 9.17) is 4.52 Å². The Bertz CT molecular complexity index is 1030. The van der Waals surface area contributed by atoms with Gasteiger partial charge < -0.3 is 19.3 Å². The maximum Gasteiger partial charge on any atom is 0.586 e. The van der Waals surface area contributed by atoms with Crippen LogP contribution in [0.4, 0.5) is 8.78 Å². The van der Waals surface area contributed by atoms with Crippen LogP contribution in [0, 0.1) is 0 Å². The number of rotatable bonds is 4. The number of halogens is 2. The van der Waals surface area contributed by atoms with E-state index in [0.29, 0.717) is 11.1 Å². The molecule has 0 fully saturated rings. The second kappa shape index (κ2) is 6.29. The lowest BCUT2D eigenvalue weighted by molar-refractivity contribution is -0.286. The highest BCUT2D eigenvalue weighted by molar-refractivity contribution is 5.94. The molecule has 1 aromatic heterocycles. The summed E-state index contributed by atoms with van der Waals surface area (Å²) in [6, 6.07) is 12.9. The zero-order valence-corrected chi connectivity index (χ0v) is 14.9. The average molecular weight is 387 g/mol. The zero-order chi connectivity index (χ0) is 19.9. The molecular formula is C19H15F2N3O4. The van der Waals surface area contributed by atoms with Crippen LogP contribution in [0.1, 0.15) is 30.0 Å². The lowest BCUT2D eigenvalue weighted by atomic mass is 10.0. The number of nitrogens with one attached hydrogen (secondary N) is 1. The number of aromatic nitrogens is 2. The van der Waals surface area contributed by atoms with Crippen LogP contribution >= 0.6 is 0 Å². The summed E-state index contributed by atoms with van der Waals surface area (Å²) in [4.78, 5) is 16.7. The fourth-order valence-corrected chi connectivity index (χ4v) is 2.68. The third-order valence-corrected chi connectivity index (χ3v) is 4.10. The van der Waals surface area contributed by atoms with Gasteiger partial charge in [0, 0.05) is 11.1 Å². The van der Waals surface area contributed by atoms with E-state index >= 15 is 0 Å². The van der Waals surface area contributed by atoms with Crippen molar-refractivity contribution < 1.29 is 27.6 Å². The predicted octanol–water partition coefficient (Wildman–Crippen LogP) is 3.72. The van der Waals surface area contributed by atoms with Gasteiger partial charge in [-0.3, -0.25) is 4.79 Å². The summed E-state index contributed by atoms with van der Waals surface area (Å²) in [5, 5.41) is 6.75. The molecule has 1 N–H and O–H groups in total. The van der Waals surface area contributed by atoms with Gasteiger partial charge in [0.15, 0.2) is 17.3 Å². The number of hydrogen-bond acceptors (Lipinski definition) is 6. The van der Waals surface area contributed by atoms with Crippen molar-refractivity contribution in [1.29, 1.82) is 0 Å². The molecule has 0 bridgehead atoms. The summed E-state index contributed by atoms with van der Waals surface area (Å²) in [7, 11) is 0. The van der Waals surface area contributed by atoms with Crippen LogP contribution in [0.5, 0.6) is 11.5 Å². The van der Waals surface area contributed by atoms with Gasteiger partial charge in [-0.05, 0) is 44.2 Å². The fourth-order valence-electron chi connectivity index (χ4n) is 2.68. The smallest absolute Gasteiger partial charge is 0.395 e. The Hall–Kier alpha value is -3.49. The van der Waals surface area contributed by atoms with Gasteiger partial charge in [0.05, 0.1) is 5.54 Å². The summed E-state index contributed by atoms with van der Waals surface area (Å²) in [6.07, 6.45) is -3.70. The average Bonchev–Trinajstić information content (AvgIpc) is 3.25. The number of nitrogens with zero attached hydrogens (tertiary/aromatic N) is 2. The topological polar surface area (TPSA) is 86.5 Å². The lowest BCUT2D eigenvalue weighted by Crippen LogP contribution is -2.41. The molecule has 2 heterocycles. The Morgan fingerprint density at radius 2 is 1.79 bits per heavy atom. The minimum absolute atomic E-state index is 0.0797. The van der Waals surface area contributed by atoms with Crippen LogP contribution in [0.2, 0.25) is 0 Å². The predicted molar refractivity (Wildman–Crippen MR) is 92.9 cm³/mol. The van der Waals surface area contributed by atoms with E-state index < -0.39 is 11.8 Å². The molecule has 4 rings (SSSR count). The Morgan fingerprint density at radius 1 is 1.07 bits per heavy atom. The molecule has 1 aliphatic rings. The van der Waals surface area contributed by atoms with Gasteiger partial charge in [-0.25, -0.2) is 0 Å². The maximum absolute atomic E-state index is 13.2. The molecule has 0 aliphatic carbocycles. The first-order valence-electron chi connectivity index (χ1n) is 8.35. The first kappa shape index (κ1) is 17.9. The van der Waals surface area contributed by atoms with Gasteiger partial charge >= 0.3 is 6.29 Å². The SMILES string of the molecule is CC(C)(NC(=O)c1ccccc1)c1noc(-c2ccc3c(c2)OC(F)(F)O3)n1. The van der Waals surface area contributed by atoms with E-state index in [9.17, 15) is 13.6 Å². The number of hydrogen-bond donors (Lipinski definition) is 1. The minimum Gasteiger partial charge on any atom is -0.395 e. The van der Waals surface area contributed by atoms with E-state index in [1.165, 1.54) is 18.2 Å². The van der Waals surface area contributed by atoms with Crippen LogP contribution in [0.15, 0.2) is 53.1 Å². The van der Waals surface area contributed by atoms with Crippen LogP contribution in [0.3, 0.4) is 0 Å². The Kier molecular flexibility index (Phi) is 4.02. The molecule has 9 heteroatoms. The van der Waals surface area contributed by atoms with Crippen molar-refractivity contribution in [2.75, 3.05) is 0 Å². The van der Waals surface area contributed by atoms with Gasteiger partial charge in [0.2, 0.25) is 0 Å². The largest absolute Gasteiger partial charge is 0.586 e. The first-order chi connectivity index (χ1) is 13.2. The molecule has 1 aliphatic heterocycles. The summed E-state index contributed by atoms with van der Waals surface area (Å²) >= 11 is 0. The van der Waals surface area contributed by atoms with Crippen molar-refractivity contribution in [3.05, 3.63) is 59.9 Å². The van der Waals surface area contributed by atoms with Crippen LogP contribution in [-0.2, 0) is 5.54 Å². The van der Waals surface area contributed by atoms with Crippen LogP contribution in [-0.4, -0.2) is 22.3 Å². The molecule has 0 saturated heterocycles. The van der Waals surface area contributed by atoms with E-state index in [2.05, 4.69) is 24.9 Å². The molecule has 0 unspecified atom stereocenters. The van der Waals surface area contributed by atoms with Crippen molar-refractivity contribution >= 4 is 5.91 Å². The second-order valence-corrected chi connectivity index (χ2v) is 6.70. The number of ether oxygens (including phenoxy) is 2. The molecule has 0 spiro atoms. The van der Waals surface area contributed by atoms with E-state index in [0.717, 1.165) is 0 Å². The molecule has 2 aromatic carbocycles. The standard InChI is InChI=1S/C19H15F2N3O4/c1-18(2,23-15(25)11-6-4-3-5-7-11)17-22-16(28-24-17)12-8-9-13-14(10-12)27-19(20,21)26-13/h3-10H,1-2H3,(H,23,25). The summed E-state index contributed by atoms with van der Waals surface area (Å²) < 4.78 is 40.3. The number of alkyl halides is 2. The van der Waals surface area contributed by atoms with Gasteiger partial charge in [0.1, 0.15) is 0 Å². The van der Waals surface area contributed by atoms with Crippen molar-refractivity contribution in [2.24, 2.45) is 0 Å². The van der Waals surface area contributed by atoms with E-state index in [1.807, 2.05) is 6.07 Å². The highest BCUT2D eigenvalue weighted by Crippen LogP contribution is 2.42. The molecule has 7 nitrogen and oxygen atoms in total. The Morgan fingerprint density at radius 3 is 2.54 bits per heavy atom. The molecule has 0 radical (unpaired) electrons. The van der Waals surface area contributed by atoms with E-state index in [-0.39, 0.29) is 29.1 Å². The first-order valence-corrected chi connectivity index (χ1v) is 8.35. The molecule has 3 aromatic rings. The van der Waals surface area contributed by atoms with Gasteiger partial charge in [-0.2, -0.15) is 4.98 Å². The van der Waals surface area contributed by atoms with Crippen molar-refractivity contribution in [1.82, 2.24) is 15.5 Å². The van der Waals surface area contributed by atoms with Crippen molar-refractivity contribution in [2.45, 2.75) is 25.7 Å². The number of fused-ring (bicyclic) bond motifs is 1. The van der Waals surface area contributed by atoms with E-state index in [1.54, 1.807) is 38.1 Å². The lowest BCUT2D eigenvalue weighted by Gasteiger charge is -2.22. The zero-order valence-electron chi connectivity index (χ0n) is 14.9. The van der Waals surface area contributed by atoms with Gasteiger partial charge in [0.25, 0.3) is 11.8 Å². The monoisotopic (exact) mass is 387 g/mol. The summed E-state index contributed by atoms with van der Waals surface area (Å²) in [5.41, 5.74) is -0.0575. The second-order valence-electron chi connectivity index (χ2n) is 6.70. The number of amides is 1. The van der Waals surface area contributed by atoms with Crippen LogP contribution < -0.4 is 14.8 Å². The highest BCUT2D eigenvalue weighted by atomic mass is 19.3. The maximum atomic E-state index is 13.2. The number of benzene rings is 2. The quantitative estimate of drug-likeness (QED) is 0.734. The summed E-state index contributed by atoms with van der Waals surface area (Å²) in [5.74, 6) is -0.168. The fraction of sp³-hybridized carbons (Fsp3) is 0.211. The van der Waals surface area contributed by atoms with Crippen LogP contribution in [0.25, 0.3) is 11.5 Å². The molecule has 0 atom stereocenters. The number of carbonyl (C=O) groups excluding carboxylic acids is 1. The summed E-state index contributed by atoms with van der Waals surface area (Å²) in [6.45, 7) is 3.45. The van der Waals surface area contributed by atoms with Crippen molar-refractivity contribution in [3.8, 4) is 23.0 Å². The molecule has 28 heavy (non-hydrogen) atoms. The Labute approximate surface area is 158 Å². The third-order valence-electron chi connectivity index (χ3n) is 4.10. The molecule has 1 amide bonds. The minimum atomic E-state index is -3.70. The third kappa shape index (κ3) is 3.38. The normalized spacial score (nSPS) is 14.7. The van der Waals surface area contributed by atoms with Gasteiger partial charge in [-0.1, -0.05) is 23.4 Å². The Balaban J connectivity index is 1.55. The van der Waals surface area contributed by atoms with Gasteiger partial charge in [-0.15, -0.1) is 8.78 Å². The molecule has 144 valence electrons. The van der Waals surface area contributed by atoms with Crippen molar-refractivity contribution in [3.63, 3.8) is 0 Å². The molecule has 0 saturated carbocycles. The highest BCUT2D eigenvalue weighted by Gasteiger charge is 2.43.